The van der Waals surface area contributed by atoms with Gasteiger partial charge < -0.3 is 4.52 Å². The van der Waals surface area contributed by atoms with Crippen LogP contribution in [-0.2, 0) is 6.54 Å². The fraction of sp³-hybridized carbons (Fsp3) is 0.400. The summed E-state index contributed by atoms with van der Waals surface area (Å²) < 4.78 is 7.01. The summed E-state index contributed by atoms with van der Waals surface area (Å²) in [5.41, 5.74) is 4.12. The van der Waals surface area contributed by atoms with E-state index in [0.717, 1.165) is 34.6 Å². The minimum absolute atomic E-state index is 0.0830. The van der Waals surface area contributed by atoms with Crippen molar-refractivity contribution >= 4 is 11.2 Å². The molecule has 108 valence electrons. The first-order valence-corrected chi connectivity index (χ1v) is 7.15. The van der Waals surface area contributed by atoms with Crippen LogP contribution in [0.2, 0.25) is 0 Å². The van der Waals surface area contributed by atoms with Gasteiger partial charge in [0.05, 0.1) is 11.2 Å². The number of imidazole rings is 1. The second kappa shape index (κ2) is 4.31. The standard InChI is InChI=1S/C15H16N4O2/c1-8-13(9(2)21-18-8)11-5-12-14(16-6-11)17-15(20)19(12)7-10-3-4-10/h5-6,10H,3-4,7H2,1-2H3,(H,16,17,20). The van der Waals surface area contributed by atoms with Crippen LogP contribution in [0.4, 0.5) is 0 Å². The lowest BCUT2D eigenvalue weighted by atomic mass is 10.1. The second-order valence-corrected chi connectivity index (χ2v) is 5.78. The predicted octanol–water partition coefficient (Wildman–Crippen LogP) is 2.41. The van der Waals surface area contributed by atoms with Crippen LogP contribution in [0, 0.1) is 19.8 Å². The molecule has 0 unspecified atom stereocenters. The number of rotatable bonds is 3. The van der Waals surface area contributed by atoms with Crippen LogP contribution in [0.1, 0.15) is 24.3 Å². The van der Waals surface area contributed by atoms with Crippen molar-refractivity contribution in [1.29, 1.82) is 0 Å². The van der Waals surface area contributed by atoms with E-state index >= 15 is 0 Å². The Morgan fingerprint density at radius 2 is 2.24 bits per heavy atom. The van der Waals surface area contributed by atoms with Gasteiger partial charge in [0.2, 0.25) is 0 Å². The lowest BCUT2D eigenvalue weighted by Gasteiger charge is -2.03. The summed E-state index contributed by atoms with van der Waals surface area (Å²) in [6.07, 6.45) is 4.17. The first-order valence-electron chi connectivity index (χ1n) is 7.15. The predicted molar refractivity (Wildman–Crippen MR) is 78.0 cm³/mol. The third kappa shape index (κ3) is 1.98. The molecule has 4 rings (SSSR count). The Hall–Kier alpha value is -2.37. The van der Waals surface area contributed by atoms with Gasteiger partial charge >= 0.3 is 5.69 Å². The third-order valence-corrected chi connectivity index (χ3v) is 4.09. The van der Waals surface area contributed by atoms with Crippen molar-refractivity contribution in [1.82, 2.24) is 19.7 Å². The van der Waals surface area contributed by atoms with Crippen LogP contribution >= 0.6 is 0 Å². The first-order chi connectivity index (χ1) is 10.1. The number of hydrogen-bond donors (Lipinski definition) is 1. The van der Waals surface area contributed by atoms with Crippen LogP contribution in [0.15, 0.2) is 21.6 Å². The minimum atomic E-state index is -0.0830. The number of pyridine rings is 1. The summed E-state index contributed by atoms with van der Waals surface area (Å²) in [5, 5.41) is 3.98. The fourth-order valence-electron chi connectivity index (χ4n) is 2.81. The van der Waals surface area contributed by atoms with Crippen LogP contribution in [0.3, 0.4) is 0 Å². The summed E-state index contributed by atoms with van der Waals surface area (Å²) in [6.45, 7) is 4.56. The van der Waals surface area contributed by atoms with E-state index in [0.29, 0.717) is 11.6 Å². The Kier molecular flexibility index (Phi) is 2.54. The maximum atomic E-state index is 12.1. The average molecular weight is 284 g/mol. The van der Waals surface area contributed by atoms with Gasteiger partial charge in [-0.15, -0.1) is 0 Å². The van der Waals surface area contributed by atoms with Crippen molar-refractivity contribution in [3.8, 4) is 11.1 Å². The molecule has 0 saturated heterocycles. The van der Waals surface area contributed by atoms with Crippen LogP contribution < -0.4 is 5.69 Å². The fourth-order valence-corrected chi connectivity index (χ4v) is 2.81. The number of aromatic amines is 1. The summed E-state index contributed by atoms with van der Waals surface area (Å²) in [7, 11) is 0. The van der Waals surface area contributed by atoms with E-state index < -0.39 is 0 Å². The molecule has 0 aromatic carbocycles. The molecule has 0 amide bonds. The number of aromatic nitrogens is 4. The highest BCUT2D eigenvalue weighted by Gasteiger charge is 2.24. The molecule has 0 spiro atoms. The first kappa shape index (κ1) is 12.4. The number of H-pyrrole nitrogens is 1. The van der Waals surface area contributed by atoms with E-state index in [1.165, 1.54) is 12.8 Å². The van der Waals surface area contributed by atoms with Gasteiger partial charge in [-0.2, -0.15) is 0 Å². The Labute approximate surface area is 120 Å². The zero-order valence-corrected chi connectivity index (χ0v) is 12.0. The minimum Gasteiger partial charge on any atom is -0.361 e. The number of hydrogen-bond acceptors (Lipinski definition) is 4. The molecule has 3 aromatic rings. The second-order valence-electron chi connectivity index (χ2n) is 5.78. The van der Waals surface area contributed by atoms with E-state index in [-0.39, 0.29) is 5.69 Å². The van der Waals surface area contributed by atoms with Gasteiger partial charge in [-0.25, -0.2) is 9.78 Å². The molecule has 21 heavy (non-hydrogen) atoms. The average Bonchev–Trinajstić information content (AvgIpc) is 3.15. The molecule has 1 aliphatic carbocycles. The van der Waals surface area contributed by atoms with Crippen LogP contribution in [-0.4, -0.2) is 19.7 Å². The van der Waals surface area contributed by atoms with Gasteiger partial charge in [-0.05, 0) is 38.7 Å². The van der Waals surface area contributed by atoms with Crippen molar-refractivity contribution in [2.45, 2.75) is 33.2 Å². The molecule has 1 aliphatic rings. The molecule has 1 saturated carbocycles. The molecule has 0 atom stereocenters. The highest BCUT2D eigenvalue weighted by Crippen LogP contribution is 2.32. The largest absolute Gasteiger partial charge is 0.361 e. The summed E-state index contributed by atoms with van der Waals surface area (Å²) in [5.74, 6) is 1.39. The lowest BCUT2D eigenvalue weighted by Crippen LogP contribution is -2.17. The van der Waals surface area contributed by atoms with Gasteiger partial charge in [0.25, 0.3) is 0 Å². The van der Waals surface area contributed by atoms with Gasteiger partial charge in [-0.1, -0.05) is 5.16 Å². The SMILES string of the molecule is Cc1noc(C)c1-c1cnc2[nH]c(=O)n(CC3CC3)c2c1. The van der Waals surface area contributed by atoms with Gasteiger partial charge in [0.1, 0.15) is 5.76 Å². The van der Waals surface area contributed by atoms with Crippen molar-refractivity contribution in [3.63, 3.8) is 0 Å². The number of nitrogens with one attached hydrogen (secondary N) is 1. The smallest absolute Gasteiger partial charge is 0.327 e. The maximum Gasteiger partial charge on any atom is 0.327 e. The van der Waals surface area contributed by atoms with Gasteiger partial charge in [-0.3, -0.25) is 9.55 Å². The van der Waals surface area contributed by atoms with Crippen molar-refractivity contribution < 1.29 is 4.52 Å². The topological polar surface area (TPSA) is 76.7 Å². The zero-order valence-electron chi connectivity index (χ0n) is 12.0. The summed E-state index contributed by atoms with van der Waals surface area (Å²) in [6, 6.07) is 2.00. The van der Waals surface area contributed by atoms with Crippen molar-refractivity contribution in [3.05, 3.63) is 34.2 Å². The Balaban J connectivity index is 1.90. The van der Waals surface area contributed by atoms with Crippen molar-refractivity contribution in [2.24, 2.45) is 5.92 Å². The Morgan fingerprint density at radius 3 is 2.90 bits per heavy atom. The highest BCUT2D eigenvalue weighted by atomic mass is 16.5. The summed E-state index contributed by atoms with van der Waals surface area (Å²) in [4.78, 5) is 19.3. The molecule has 0 bridgehead atoms. The van der Waals surface area contributed by atoms with Gasteiger partial charge in [0, 0.05) is 23.9 Å². The number of fused-ring (bicyclic) bond motifs is 1. The molecule has 3 heterocycles. The van der Waals surface area contributed by atoms with Crippen LogP contribution in [0.25, 0.3) is 22.3 Å². The lowest BCUT2D eigenvalue weighted by molar-refractivity contribution is 0.393. The van der Waals surface area contributed by atoms with E-state index in [1.54, 1.807) is 10.8 Å². The maximum absolute atomic E-state index is 12.1. The van der Waals surface area contributed by atoms with E-state index in [9.17, 15) is 4.79 Å². The molecule has 1 N–H and O–H groups in total. The number of nitrogens with zero attached hydrogens (tertiary/aromatic N) is 3. The molecule has 6 nitrogen and oxygen atoms in total. The molecule has 0 aliphatic heterocycles. The highest BCUT2D eigenvalue weighted by molar-refractivity contribution is 5.79. The van der Waals surface area contributed by atoms with E-state index in [2.05, 4.69) is 15.1 Å². The zero-order chi connectivity index (χ0) is 14.6. The summed E-state index contributed by atoms with van der Waals surface area (Å²) >= 11 is 0. The molecule has 6 heteroatoms. The monoisotopic (exact) mass is 284 g/mol. The molecule has 3 aromatic heterocycles. The van der Waals surface area contributed by atoms with Gasteiger partial charge in [0.15, 0.2) is 5.65 Å². The van der Waals surface area contributed by atoms with E-state index in [1.807, 2.05) is 19.9 Å². The quantitative estimate of drug-likeness (QED) is 0.801. The number of aryl methyl sites for hydroxylation is 2. The molecular formula is C15H16N4O2. The molecular weight excluding hydrogens is 268 g/mol. The van der Waals surface area contributed by atoms with Crippen LogP contribution in [0.5, 0.6) is 0 Å². The van der Waals surface area contributed by atoms with E-state index in [4.69, 9.17) is 4.52 Å². The Bertz CT molecular complexity index is 863. The third-order valence-electron chi connectivity index (χ3n) is 4.09. The molecule has 0 radical (unpaired) electrons. The molecule has 1 fully saturated rings. The Morgan fingerprint density at radius 1 is 1.43 bits per heavy atom. The van der Waals surface area contributed by atoms with Crippen molar-refractivity contribution in [2.75, 3.05) is 0 Å². The normalized spacial score (nSPS) is 15.0.